The average Bonchev–Trinajstić information content (AvgIpc) is 2.89. The first-order chi connectivity index (χ1) is 8.67. The Morgan fingerprint density at radius 1 is 1.39 bits per heavy atom. The smallest absolute Gasteiger partial charge is 0.417 e. The molecule has 0 saturated carbocycles. The maximum atomic E-state index is 11.1. The fourth-order valence-corrected chi connectivity index (χ4v) is 1.93. The molecule has 0 fully saturated rings. The van der Waals surface area contributed by atoms with Gasteiger partial charge in [0.1, 0.15) is 0 Å². The highest BCUT2D eigenvalue weighted by Gasteiger charge is 2.13. The highest BCUT2D eigenvalue weighted by atomic mass is 16.4. The van der Waals surface area contributed by atoms with Crippen molar-refractivity contribution in [2.45, 2.75) is 13.3 Å². The van der Waals surface area contributed by atoms with Crippen LogP contribution in [0.3, 0.4) is 0 Å². The van der Waals surface area contributed by atoms with E-state index in [2.05, 4.69) is 9.97 Å². The third-order valence-electron chi connectivity index (χ3n) is 2.73. The second kappa shape index (κ2) is 3.76. The van der Waals surface area contributed by atoms with E-state index in [9.17, 15) is 4.79 Å². The summed E-state index contributed by atoms with van der Waals surface area (Å²) in [4.78, 5) is 17.8. The Labute approximate surface area is 101 Å². The van der Waals surface area contributed by atoms with Crippen LogP contribution in [0.2, 0.25) is 0 Å². The molecule has 0 unspecified atom stereocenters. The molecular weight excluding hydrogens is 234 g/mol. The van der Waals surface area contributed by atoms with Gasteiger partial charge in [-0.05, 0) is 24.6 Å². The molecule has 2 heterocycles. The standard InChI is InChI=1S/C12H11N3O3/c1-2-7-10(18-11(13)14-7)6-3-4-9-8(5-6)15-12(16)17-9/h3-5H,2H2,1H3,(H2,13,14)(H,15,16). The number of aryl methyl sites for hydroxylation is 1. The minimum absolute atomic E-state index is 0.141. The van der Waals surface area contributed by atoms with E-state index in [0.717, 1.165) is 17.7 Å². The number of nitrogen functional groups attached to an aromatic ring is 1. The van der Waals surface area contributed by atoms with Gasteiger partial charge in [-0.1, -0.05) is 6.92 Å². The first kappa shape index (κ1) is 10.6. The lowest BCUT2D eigenvalue weighted by atomic mass is 10.1. The van der Waals surface area contributed by atoms with E-state index < -0.39 is 5.76 Å². The molecule has 18 heavy (non-hydrogen) atoms. The van der Waals surface area contributed by atoms with Crippen molar-refractivity contribution in [3.63, 3.8) is 0 Å². The van der Waals surface area contributed by atoms with Crippen LogP contribution in [0.25, 0.3) is 22.4 Å². The Morgan fingerprint density at radius 3 is 3.00 bits per heavy atom. The van der Waals surface area contributed by atoms with Crippen molar-refractivity contribution in [2.75, 3.05) is 5.73 Å². The first-order valence-corrected chi connectivity index (χ1v) is 5.56. The van der Waals surface area contributed by atoms with Gasteiger partial charge in [-0.25, -0.2) is 4.79 Å². The highest BCUT2D eigenvalue weighted by molar-refractivity contribution is 5.79. The summed E-state index contributed by atoms with van der Waals surface area (Å²) in [7, 11) is 0. The number of oxazole rings is 2. The zero-order chi connectivity index (χ0) is 12.7. The van der Waals surface area contributed by atoms with Gasteiger partial charge in [0.05, 0.1) is 11.2 Å². The molecule has 6 nitrogen and oxygen atoms in total. The molecule has 3 aromatic rings. The molecule has 0 amide bonds. The Morgan fingerprint density at radius 2 is 2.22 bits per heavy atom. The molecule has 0 radical (unpaired) electrons. The van der Waals surface area contributed by atoms with Crippen LogP contribution < -0.4 is 11.5 Å². The fraction of sp³-hybridized carbons (Fsp3) is 0.167. The summed E-state index contributed by atoms with van der Waals surface area (Å²) in [5, 5.41) is 0. The summed E-state index contributed by atoms with van der Waals surface area (Å²) in [5.74, 6) is 0.147. The van der Waals surface area contributed by atoms with E-state index >= 15 is 0 Å². The highest BCUT2D eigenvalue weighted by Crippen LogP contribution is 2.28. The SMILES string of the molecule is CCc1nc(N)oc1-c1ccc2oc(=O)[nH]c2c1. The number of aromatic nitrogens is 2. The maximum Gasteiger partial charge on any atom is 0.417 e. The molecule has 0 aliphatic heterocycles. The summed E-state index contributed by atoms with van der Waals surface area (Å²) in [5.41, 5.74) is 8.28. The minimum Gasteiger partial charge on any atom is -0.423 e. The van der Waals surface area contributed by atoms with Crippen molar-refractivity contribution in [1.82, 2.24) is 9.97 Å². The maximum absolute atomic E-state index is 11.1. The van der Waals surface area contributed by atoms with Crippen LogP contribution in [0, 0.1) is 0 Å². The van der Waals surface area contributed by atoms with Crippen molar-refractivity contribution in [3.05, 3.63) is 34.4 Å². The zero-order valence-electron chi connectivity index (χ0n) is 9.69. The zero-order valence-corrected chi connectivity index (χ0v) is 9.69. The molecule has 92 valence electrons. The Kier molecular flexibility index (Phi) is 2.22. The normalized spacial score (nSPS) is 11.2. The van der Waals surface area contributed by atoms with Gasteiger partial charge in [0.2, 0.25) is 0 Å². The van der Waals surface area contributed by atoms with Crippen LogP contribution in [0.15, 0.2) is 31.8 Å². The Balaban J connectivity index is 2.21. The molecule has 3 rings (SSSR count). The lowest BCUT2D eigenvalue weighted by Gasteiger charge is -1.98. The topological polar surface area (TPSA) is 98.0 Å². The number of aromatic amines is 1. The van der Waals surface area contributed by atoms with Crippen LogP contribution in [-0.2, 0) is 6.42 Å². The van der Waals surface area contributed by atoms with Crippen molar-refractivity contribution in [2.24, 2.45) is 0 Å². The van der Waals surface area contributed by atoms with E-state index in [1.807, 2.05) is 6.92 Å². The lowest BCUT2D eigenvalue weighted by Crippen LogP contribution is -1.92. The van der Waals surface area contributed by atoms with Gasteiger partial charge in [-0.3, -0.25) is 4.98 Å². The summed E-state index contributed by atoms with van der Waals surface area (Å²) in [6.07, 6.45) is 0.718. The number of hydrogen-bond acceptors (Lipinski definition) is 5. The van der Waals surface area contributed by atoms with Crippen molar-refractivity contribution in [1.29, 1.82) is 0 Å². The minimum atomic E-state index is -0.477. The molecule has 2 aromatic heterocycles. The average molecular weight is 245 g/mol. The molecular formula is C12H11N3O3. The van der Waals surface area contributed by atoms with Crippen molar-refractivity contribution < 1.29 is 8.83 Å². The van der Waals surface area contributed by atoms with E-state index in [4.69, 9.17) is 14.6 Å². The third-order valence-corrected chi connectivity index (χ3v) is 2.73. The van der Waals surface area contributed by atoms with Crippen LogP contribution in [0.1, 0.15) is 12.6 Å². The number of hydrogen-bond donors (Lipinski definition) is 2. The number of rotatable bonds is 2. The van der Waals surface area contributed by atoms with Gasteiger partial charge < -0.3 is 14.6 Å². The molecule has 1 aromatic carbocycles. The number of benzene rings is 1. The Bertz CT molecular complexity index is 766. The number of nitrogens with one attached hydrogen (secondary N) is 1. The van der Waals surface area contributed by atoms with E-state index in [1.165, 1.54) is 0 Å². The van der Waals surface area contributed by atoms with Crippen molar-refractivity contribution in [3.8, 4) is 11.3 Å². The molecule has 0 saturated heterocycles. The molecule has 3 N–H and O–H groups in total. The summed E-state index contributed by atoms with van der Waals surface area (Å²) < 4.78 is 10.3. The monoisotopic (exact) mass is 245 g/mol. The predicted molar refractivity (Wildman–Crippen MR) is 66.1 cm³/mol. The van der Waals surface area contributed by atoms with Crippen LogP contribution in [0.5, 0.6) is 0 Å². The van der Waals surface area contributed by atoms with Crippen LogP contribution in [-0.4, -0.2) is 9.97 Å². The number of anilines is 1. The number of nitrogens with two attached hydrogens (primary N) is 1. The van der Waals surface area contributed by atoms with E-state index in [-0.39, 0.29) is 6.01 Å². The number of fused-ring (bicyclic) bond motifs is 1. The van der Waals surface area contributed by atoms with Crippen molar-refractivity contribution >= 4 is 17.1 Å². The second-order valence-corrected chi connectivity index (χ2v) is 3.91. The Hall–Kier alpha value is -2.50. The van der Waals surface area contributed by atoms with Gasteiger partial charge >= 0.3 is 5.76 Å². The summed E-state index contributed by atoms with van der Waals surface area (Å²) in [6, 6.07) is 5.43. The largest absolute Gasteiger partial charge is 0.423 e. The quantitative estimate of drug-likeness (QED) is 0.718. The molecule has 0 aliphatic carbocycles. The van der Waals surface area contributed by atoms with Gasteiger partial charge in [-0.2, -0.15) is 4.98 Å². The second-order valence-electron chi connectivity index (χ2n) is 3.91. The lowest BCUT2D eigenvalue weighted by molar-refractivity contribution is 0.555. The third kappa shape index (κ3) is 1.58. The fourth-order valence-electron chi connectivity index (χ4n) is 1.93. The molecule has 6 heteroatoms. The van der Waals surface area contributed by atoms with Crippen LogP contribution >= 0.6 is 0 Å². The van der Waals surface area contributed by atoms with Gasteiger partial charge in [0, 0.05) is 5.56 Å². The first-order valence-electron chi connectivity index (χ1n) is 5.56. The van der Waals surface area contributed by atoms with E-state index in [1.54, 1.807) is 18.2 Å². The van der Waals surface area contributed by atoms with Gasteiger partial charge in [-0.15, -0.1) is 0 Å². The van der Waals surface area contributed by atoms with Crippen LogP contribution in [0.4, 0.5) is 6.01 Å². The molecule has 0 bridgehead atoms. The van der Waals surface area contributed by atoms with Gasteiger partial charge in [0.15, 0.2) is 11.3 Å². The summed E-state index contributed by atoms with van der Waals surface area (Å²) >= 11 is 0. The number of H-pyrrole nitrogens is 1. The van der Waals surface area contributed by atoms with E-state index in [0.29, 0.717) is 16.9 Å². The number of nitrogens with zero attached hydrogens (tertiary/aromatic N) is 1. The molecule has 0 spiro atoms. The van der Waals surface area contributed by atoms with Gasteiger partial charge in [0.25, 0.3) is 6.01 Å². The molecule has 0 atom stereocenters. The predicted octanol–water partition coefficient (Wildman–Crippen LogP) is 1.92. The summed E-state index contributed by atoms with van der Waals surface area (Å²) in [6.45, 7) is 1.97. The molecule has 0 aliphatic rings.